The molecule has 2 N–H and O–H groups in total. The van der Waals surface area contributed by atoms with Crippen LogP contribution in [0.3, 0.4) is 0 Å². The van der Waals surface area contributed by atoms with E-state index in [4.69, 9.17) is 4.74 Å². The van der Waals surface area contributed by atoms with Gasteiger partial charge in [0, 0.05) is 24.5 Å². The van der Waals surface area contributed by atoms with Crippen molar-refractivity contribution in [2.24, 2.45) is 5.41 Å². The van der Waals surface area contributed by atoms with Gasteiger partial charge in [-0.1, -0.05) is 13.3 Å². The molecule has 2 fully saturated rings. The molecule has 0 aromatic heterocycles. The minimum atomic E-state index is -0.151. The molecule has 0 spiro atoms. The molecule has 5 nitrogen and oxygen atoms in total. The van der Waals surface area contributed by atoms with Gasteiger partial charge in [-0.3, -0.25) is 0 Å². The highest BCUT2D eigenvalue weighted by molar-refractivity contribution is 5.74. The number of nitrogens with zero attached hydrogens (tertiary/aromatic N) is 1. The van der Waals surface area contributed by atoms with Crippen LogP contribution in [-0.2, 0) is 4.74 Å². The van der Waals surface area contributed by atoms with E-state index in [2.05, 4.69) is 5.32 Å². The Bertz CT molecular complexity index is 279. The highest BCUT2D eigenvalue weighted by Crippen LogP contribution is 2.37. The molecule has 0 aromatic rings. The van der Waals surface area contributed by atoms with E-state index in [-0.39, 0.29) is 24.1 Å². The number of aliphatic hydroxyl groups is 1. The third-order valence-electron chi connectivity index (χ3n) is 4.04. The number of morpholine rings is 1. The first kappa shape index (κ1) is 12.6. The Morgan fingerprint density at radius 3 is 2.88 bits per heavy atom. The smallest absolute Gasteiger partial charge is 0.317 e. The summed E-state index contributed by atoms with van der Waals surface area (Å²) in [7, 11) is 0. The first-order valence-electron chi connectivity index (χ1n) is 6.40. The number of hydrogen-bond acceptors (Lipinski definition) is 3. The number of aliphatic hydroxyl groups excluding tert-OH is 1. The summed E-state index contributed by atoms with van der Waals surface area (Å²) < 4.78 is 5.22. The molecule has 1 saturated carbocycles. The number of rotatable bonds is 2. The Morgan fingerprint density at radius 2 is 2.24 bits per heavy atom. The fraction of sp³-hybridized carbons (Fsp3) is 0.917. The maximum atomic E-state index is 12.0. The molecule has 1 aliphatic carbocycles. The molecule has 5 heteroatoms. The number of carbonyl (C=O) groups is 1. The average molecular weight is 242 g/mol. The minimum absolute atomic E-state index is 0.0140. The normalized spacial score (nSPS) is 33.8. The van der Waals surface area contributed by atoms with Gasteiger partial charge in [0.15, 0.2) is 0 Å². The van der Waals surface area contributed by atoms with E-state index in [1.54, 1.807) is 4.90 Å². The predicted octanol–water partition coefficient (Wildman–Crippen LogP) is 0.579. The Balaban J connectivity index is 1.89. The highest BCUT2D eigenvalue weighted by Gasteiger charge is 2.39. The Labute approximate surface area is 102 Å². The third-order valence-corrected chi connectivity index (χ3v) is 4.04. The van der Waals surface area contributed by atoms with Crippen LogP contribution in [0.2, 0.25) is 0 Å². The quantitative estimate of drug-likeness (QED) is 0.744. The molecule has 1 aliphatic heterocycles. The van der Waals surface area contributed by atoms with Crippen LogP contribution in [0.15, 0.2) is 0 Å². The first-order valence-corrected chi connectivity index (χ1v) is 6.40. The Hall–Kier alpha value is -0.810. The summed E-state index contributed by atoms with van der Waals surface area (Å²) in [5.41, 5.74) is -0.151. The van der Waals surface area contributed by atoms with Gasteiger partial charge >= 0.3 is 6.03 Å². The van der Waals surface area contributed by atoms with Gasteiger partial charge in [0.05, 0.1) is 19.8 Å². The van der Waals surface area contributed by atoms with E-state index >= 15 is 0 Å². The van der Waals surface area contributed by atoms with Crippen LogP contribution in [0.4, 0.5) is 4.79 Å². The van der Waals surface area contributed by atoms with Crippen LogP contribution in [0.25, 0.3) is 0 Å². The number of nitrogens with one attached hydrogen (secondary N) is 1. The van der Waals surface area contributed by atoms with Crippen molar-refractivity contribution in [3.8, 4) is 0 Å². The molecule has 2 rings (SSSR count). The molecule has 2 amide bonds. The van der Waals surface area contributed by atoms with Gasteiger partial charge in [0.1, 0.15) is 0 Å². The topological polar surface area (TPSA) is 61.8 Å². The number of urea groups is 1. The largest absolute Gasteiger partial charge is 0.396 e. The van der Waals surface area contributed by atoms with Gasteiger partial charge in [-0.05, 0) is 12.8 Å². The van der Waals surface area contributed by atoms with Crippen molar-refractivity contribution < 1.29 is 14.6 Å². The van der Waals surface area contributed by atoms with Crippen LogP contribution >= 0.6 is 0 Å². The summed E-state index contributed by atoms with van der Waals surface area (Å²) >= 11 is 0. The van der Waals surface area contributed by atoms with Crippen LogP contribution in [0.5, 0.6) is 0 Å². The van der Waals surface area contributed by atoms with Crippen LogP contribution in [0.1, 0.15) is 26.2 Å². The summed E-state index contributed by atoms with van der Waals surface area (Å²) in [6.07, 6.45) is 3.02. The van der Waals surface area contributed by atoms with Crippen molar-refractivity contribution >= 4 is 6.03 Å². The van der Waals surface area contributed by atoms with E-state index < -0.39 is 0 Å². The van der Waals surface area contributed by atoms with Gasteiger partial charge in [-0.25, -0.2) is 4.79 Å². The van der Waals surface area contributed by atoms with Crippen molar-refractivity contribution in [2.45, 2.75) is 32.2 Å². The van der Waals surface area contributed by atoms with Gasteiger partial charge in [-0.15, -0.1) is 0 Å². The average Bonchev–Trinajstić information content (AvgIpc) is 2.73. The molecule has 2 aliphatic rings. The lowest BCUT2D eigenvalue weighted by molar-refractivity contribution is 0.0496. The number of hydrogen-bond donors (Lipinski definition) is 2. The monoisotopic (exact) mass is 242 g/mol. The molecule has 0 aromatic carbocycles. The second kappa shape index (κ2) is 5.23. The van der Waals surface area contributed by atoms with Crippen molar-refractivity contribution in [3.05, 3.63) is 0 Å². The second-order valence-electron chi connectivity index (χ2n) is 5.31. The molecule has 17 heavy (non-hydrogen) atoms. The van der Waals surface area contributed by atoms with Crippen LogP contribution in [-0.4, -0.2) is 55.0 Å². The van der Waals surface area contributed by atoms with Crippen LogP contribution in [0, 0.1) is 5.41 Å². The summed E-state index contributed by atoms with van der Waals surface area (Å²) in [6.45, 7) is 4.75. The van der Waals surface area contributed by atoms with Crippen LogP contribution < -0.4 is 5.32 Å². The molecule has 1 saturated heterocycles. The summed E-state index contributed by atoms with van der Waals surface area (Å²) in [6, 6.07) is 0.0859. The fourth-order valence-corrected chi connectivity index (χ4v) is 2.68. The molecule has 0 bridgehead atoms. The van der Waals surface area contributed by atoms with E-state index in [0.717, 1.165) is 19.3 Å². The standard InChI is InChI=1S/C12H22N2O3/c1-12(9-15)4-2-3-10(12)13-11(16)14-5-7-17-8-6-14/h10,15H,2-9H2,1H3,(H,13,16)/t10-,12+/m1/s1. The SMILES string of the molecule is C[C@@]1(CO)CCC[C@H]1NC(=O)N1CCOCC1. The van der Waals surface area contributed by atoms with Crippen molar-refractivity contribution in [2.75, 3.05) is 32.9 Å². The number of ether oxygens (including phenoxy) is 1. The van der Waals surface area contributed by atoms with E-state index in [9.17, 15) is 9.90 Å². The van der Waals surface area contributed by atoms with Crippen molar-refractivity contribution in [3.63, 3.8) is 0 Å². The Kier molecular flexibility index (Phi) is 3.89. The lowest BCUT2D eigenvalue weighted by Gasteiger charge is -2.33. The predicted molar refractivity (Wildman–Crippen MR) is 63.8 cm³/mol. The zero-order valence-corrected chi connectivity index (χ0v) is 10.4. The van der Waals surface area contributed by atoms with Gasteiger partial charge < -0.3 is 20.1 Å². The van der Waals surface area contributed by atoms with Gasteiger partial charge in [0.2, 0.25) is 0 Å². The highest BCUT2D eigenvalue weighted by atomic mass is 16.5. The van der Waals surface area contributed by atoms with Gasteiger partial charge in [-0.2, -0.15) is 0 Å². The van der Waals surface area contributed by atoms with Gasteiger partial charge in [0.25, 0.3) is 0 Å². The molecule has 2 atom stereocenters. The van der Waals surface area contributed by atoms with E-state index in [1.165, 1.54) is 0 Å². The molecule has 0 radical (unpaired) electrons. The maximum Gasteiger partial charge on any atom is 0.317 e. The fourth-order valence-electron chi connectivity index (χ4n) is 2.68. The lowest BCUT2D eigenvalue weighted by atomic mass is 9.86. The van der Waals surface area contributed by atoms with E-state index in [0.29, 0.717) is 26.3 Å². The minimum Gasteiger partial charge on any atom is -0.396 e. The molecular weight excluding hydrogens is 220 g/mol. The summed E-state index contributed by atoms with van der Waals surface area (Å²) in [5, 5.41) is 12.5. The third kappa shape index (κ3) is 2.72. The molecule has 0 unspecified atom stereocenters. The number of carbonyl (C=O) groups excluding carboxylic acids is 1. The molecule has 98 valence electrons. The summed E-state index contributed by atoms with van der Waals surface area (Å²) in [4.78, 5) is 13.8. The zero-order valence-electron chi connectivity index (χ0n) is 10.4. The molecule has 1 heterocycles. The Morgan fingerprint density at radius 1 is 1.53 bits per heavy atom. The maximum absolute atomic E-state index is 12.0. The number of amides is 2. The van der Waals surface area contributed by atoms with E-state index in [1.807, 2.05) is 6.92 Å². The zero-order chi connectivity index (χ0) is 12.3. The summed E-state index contributed by atoms with van der Waals surface area (Å²) in [5.74, 6) is 0. The first-order chi connectivity index (χ1) is 8.15. The lowest BCUT2D eigenvalue weighted by Crippen LogP contribution is -2.52. The molecular formula is C12H22N2O3. The van der Waals surface area contributed by atoms with Crippen molar-refractivity contribution in [1.82, 2.24) is 10.2 Å². The van der Waals surface area contributed by atoms with Crippen molar-refractivity contribution in [1.29, 1.82) is 0 Å². The second-order valence-corrected chi connectivity index (χ2v) is 5.31.